The van der Waals surface area contributed by atoms with Crippen LogP contribution < -0.4 is 0 Å². The Balaban J connectivity index is 3.01. The fourth-order valence-corrected chi connectivity index (χ4v) is 2.83. The summed E-state index contributed by atoms with van der Waals surface area (Å²) >= 11 is 1.65. The standard InChI is InChI=1S/C12H20OS/c1-8(2)10(4)12(5,13)11-9(3)6-7-14-11/h6-8,10,13H,1-5H3. The lowest BCUT2D eigenvalue weighted by Crippen LogP contribution is -2.32. The smallest absolute Gasteiger partial charge is 0.0990 e. The molecule has 1 nitrogen and oxygen atoms in total. The van der Waals surface area contributed by atoms with Gasteiger partial charge in [0.15, 0.2) is 0 Å². The zero-order valence-electron chi connectivity index (χ0n) is 9.66. The van der Waals surface area contributed by atoms with Gasteiger partial charge in [-0.2, -0.15) is 0 Å². The second-order valence-corrected chi connectivity index (χ2v) is 5.53. The maximum absolute atomic E-state index is 10.5. The molecule has 0 spiro atoms. The van der Waals surface area contributed by atoms with Crippen molar-refractivity contribution in [3.8, 4) is 0 Å². The third kappa shape index (κ3) is 2.01. The highest BCUT2D eigenvalue weighted by molar-refractivity contribution is 7.10. The molecule has 1 aromatic heterocycles. The van der Waals surface area contributed by atoms with Crippen LogP contribution in [0.25, 0.3) is 0 Å². The highest BCUT2D eigenvalue weighted by Gasteiger charge is 2.34. The zero-order chi connectivity index (χ0) is 10.9. The lowest BCUT2D eigenvalue weighted by Gasteiger charge is -2.33. The third-order valence-electron chi connectivity index (χ3n) is 3.21. The molecular formula is C12H20OS. The molecule has 0 aliphatic carbocycles. The fourth-order valence-electron chi connectivity index (χ4n) is 1.75. The molecule has 0 aromatic carbocycles. The van der Waals surface area contributed by atoms with E-state index in [9.17, 15) is 5.11 Å². The SMILES string of the molecule is Cc1ccsc1C(C)(O)C(C)C(C)C. The minimum atomic E-state index is -0.688. The molecule has 0 aliphatic rings. The first-order valence-corrected chi connectivity index (χ1v) is 6.02. The summed E-state index contributed by atoms with van der Waals surface area (Å²) in [5.74, 6) is 0.770. The van der Waals surface area contributed by atoms with Crippen molar-refractivity contribution >= 4 is 11.3 Å². The Hall–Kier alpha value is -0.340. The molecule has 2 atom stereocenters. The molecule has 0 fully saturated rings. The van der Waals surface area contributed by atoms with Crippen LogP contribution >= 0.6 is 11.3 Å². The Morgan fingerprint density at radius 3 is 2.29 bits per heavy atom. The number of aliphatic hydroxyl groups is 1. The van der Waals surface area contributed by atoms with Crippen LogP contribution in [-0.4, -0.2) is 5.11 Å². The van der Waals surface area contributed by atoms with Gasteiger partial charge in [-0.3, -0.25) is 0 Å². The minimum Gasteiger partial charge on any atom is -0.384 e. The molecule has 14 heavy (non-hydrogen) atoms. The van der Waals surface area contributed by atoms with E-state index in [1.54, 1.807) is 11.3 Å². The summed E-state index contributed by atoms with van der Waals surface area (Å²) in [5, 5.41) is 12.6. The Morgan fingerprint density at radius 2 is 1.93 bits per heavy atom. The quantitative estimate of drug-likeness (QED) is 0.812. The summed E-state index contributed by atoms with van der Waals surface area (Å²) < 4.78 is 0. The molecule has 1 rings (SSSR count). The van der Waals surface area contributed by atoms with Gasteiger partial charge in [-0.25, -0.2) is 0 Å². The minimum absolute atomic E-state index is 0.278. The first kappa shape index (κ1) is 11.7. The molecule has 1 aromatic rings. The second-order valence-electron chi connectivity index (χ2n) is 4.61. The van der Waals surface area contributed by atoms with E-state index in [2.05, 4.69) is 33.8 Å². The second kappa shape index (κ2) is 4.03. The van der Waals surface area contributed by atoms with Crippen molar-refractivity contribution in [1.29, 1.82) is 0 Å². The Bertz CT molecular complexity index is 299. The van der Waals surface area contributed by atoms with Gasteiger partial charge < -0.3 is 5.11 Å². The molecule has 0 amide bonds. The Morgan fingerprint density at radius 1 is 1.36 bits per heavy atom. The van der Waals surface area contributed by atoms with Gasteiger partial charge in [-0.1, -0.05) is 20.8 Å². The summed E-state index contributed by atoms with van der Waals surface area (Å²) in [6.07, 6.45) is 0. The van der Waals surface area contributed by atoms with Crippen LogP contribution in [0.4, 0.5) is 0 Å². The summed E-state index contributed by atoms with van der Waals surface area (Å²) in [7, 11) is 0. The van der Waals surface area contributed by atoms with Gasteiger partial charge in [-0.05, 0) is 42.7 Å². The Labute approximate surface area is 90.8 Å². The highest BCUT2D eigenvalue weighted by Crippen LogP contribution is 2.38. The number of hydrogen-bond acceptors (Lipinski definition) is 2. The summed E-state index contributed by atoms with van der Waals surface area (Å²) in [4.78, 5) is 1.11. The van der Waals surface area contributed by atoms with E-state index in [0.29, 0.717) is 5.92 Å². The van der Waals surface area contributed by atoms with Gasteiger partial charge in [0.2, 0.25) is 0 Å². The van der Waals surface area contributed by atoms with Crippen molar-refractivity contribution in [2.24, 2.45) is 11.8 Å². The molecule has 1 heterocycles. The van der Waals surface area contributed by atoms with Crippen molar-refractivity contribution in [3.05, 3.63) is 21.9 Å². The maximum atomic E-state index is 10.5. The summed E-state index contributed by atoms with van der Waals surface area (Å²) in [5.41, 5.74) is 0.513. The average molecular weight is 212 g/mol. The van der Waals surface area contributed by atoms with Gasteiger partial charge in [0, 0.05) is 4.88 Å². The molecule has 2 heteroatoms. The molecule has 0 saturated carbocycles. The number of rotatable bonds is 3. The Kier molecular flexibility index (Phi) is 3.38. The predicted molar refractivity (Wildman–Crippen MR) is 62.6 cm³/mol. The molecule has 1 N–H and O–H groups in total. The normalized spacial score (nSPS) is 18.2. The van der Waals surface area contributed by atoms with Crippen molar-refractivity contribution in [2.75, 3.05) is 0 Å². The van der Waals surface area contributed by atoms with Crippen molar-refractivity contribution in [3.63, 3.8) is 0 Å². The highest BCUT2D eigenvalue weighted by atomic mass is 32.1. The van der Waals surface area contributed by atoms with Crippen LogP contribution in [-0.2, 0) is 5.60 Å². The van der Waals surface area contributed by atoms with E-state index in [4.69, 9.17) is 0 Å². The van der Waals surface area contributed by atoms with Crippen LogP contribution in [0.2, 0.25) is 0 Å². The third-order valence-corrected chi connectivity index (χ3v) is 4.45. The van der Waals surface area contributed by atoms with E-state index >= 15 is 0 Å². The van der Waals surface area contributed by atoms with Gasteiger partial charge in [0.25, 0.3) is 0 Å². The van der Waals surface area contributed by atoms with Crippen molar-refractivity contribution in [2.45, 2.75) is 40.2 Å². The molecule has 0 radical (unpaired) electrons. The summed E-state index contributed by atoms with van der Waals surface area (Å²) in [6, 6.07) is 2.07. The zero-order valence-corrected chi connectivity index (χ0v) is 10.5. The first-order valence-electron chi connectivity index (χ1n) is 5.14. The molecule has 0 aliphatic heterocycles. The van der Waals surface area contributed by atoms with Crippen LogP contribution in [0.5, 0.6) is 0 Å². The first-order chi connectivity index (χ1) is 6.37. The lowest BCUT2D eigenvalue weighted by atomic mass is 9.80. The molecule has 0 bridgehead atoms. The molecule has 0 saturated heterocycles. The molecule has 80 valence electrons. The molecular weight excluding hydrogens is 192 g/mol. The van der Waals surface area contributed by atoms with E-state index in [1.165, 1.54) is 5.56 Å². The van der Waals surface area contributed by atoms with Gasteiger partial charge in [0.1, 0.15) is 0 Å². The van der Waals surface area contributed by atoms with Crippen LogP contribution in [0, 0.1) is 18.8 Å². The topological polar surface area (TPSA) is 20.2 Å². The van der Waals surface area contributed by atoms with Crippen LogP contribution in [0.3, 0.4) is 0 Å². The van der Waals surface area contributed by atoms with Gasteiger partial charge >= 0.3 is 0 Å². The largest absolute Gasteiger partial charge is 0.384 e. The van der Waals surface area contributed by atoms with Crippen LogP contribution in [0.15, 0.2) is 11.4 Å². The lowest BCUT2D eigenvalue weighted by molar-refractivity contribution is -0.0145. The van der Waals surface area contributed by atoms with Crippen molar-refractivity contribution in [1.82, 2.24) is 0 Å². The monoisotopic (exact) mass is 212 g/mol. The summed E-state index contributed by atoms with van der Waals surface area (Å²) in [6.45, 7) is 10.4. The van der Waals surface area contributed by atoms with Crippen molar-refractivity contribution < 1.29 is 5.11 Å². The van der Waals surface area contributed by atoms with Gasteiger partial charge in [0.05, 0.1) is 5.60 Å². The maximum Gasteiger partial charge on any atom is 0.0990 e. The fraction of sp³-hybridized carbons (Fsp3) is 0.667. The van der Waals surface area contributed by atoms with Gasteiger partial charge in [-0.15, -0.1) is 11.3 Å². The number of aryl methyl sites for hydroxylation is 1. The molecule has 2 unspecified atom stereocenters. The number of hydrogen-bond donors (Lipinski definition) is 1. The van der Waals surface area contributed by atoms with E-state index in [1.807, 2.05) is 12.3 Å². The van der Waals surface area contributed by atoms with E-state index in [-0.39, 0.29) is 5.92 Å². The average Bonchev–Trinajstić information content (AvgIpc) is 2.50. The van der Waals surface area contributed by atoms with Crippen LogP contribution in [0.1, 0.15) is 38.1 Å². The number of thiophene rings is 1. The predicted octanol–water partition coefficient (Wildman–Crippen LogP) is 3.56. The van der Waals surface area contributed by atoms with E-state index < -0.39 is 5.60 Å². The van der Waals surface area contributed by atoms with E-state index in [0.717, 1.165) is 4.88 Å².